The van der Waals surface area contributed by atoms with E-state index in [0.717, 1.165) is 25.9 Å². The number of hydrogen-bond donors (Lipinski definition) is 0. The Morgan fingerprint density at radius 3 is 2.83 bits per heavy atom. The molecule has 1 rings (SSSR count). The average Bonchev–Trinajstić information content (AvgIpc) is 2.36. The van der Waals surface area contributed by atoms with Gasteiger partial charge in [0, 0.05) is 19.5 Å². The molecule has 0 aliphatic carbocycles. The number of rotatable bonds is 4. The van der Waals surface area contributed by atoms with E-state index < -0.39 is 0 Å². The van der Waals surface area contributed by atoms with Crippen LogP contribution in [0.3, 0.4) is 0 Å². The number of ether oxygens (including phenoxy) is 1. The van der Waals surface area contributed by atoms with Crippen LogP contribution in [-0.2, 0) is 9.53 Å². The Balaban J connectivity index is 2.10. The molecule has 1 fully saturated rings. The highest BCUT2D eigenvalue weighted by molar-refractivity contribution is 5.77. The maximum Gasteiger partial charge on any atom is 0.222 e. The zero-order valence-electron chi connectivity index (χ0n) is 7.88. The van der Waals surface area contributed by atoms with Crippen LogP contribution in [0.25, 0.3) is 0 Å². The summed E-state index contributed by atoms with van der Waals surface area (Å²) in [6.45, 7) is 6.36. The van der Waals surface area contributed by atoms with Crippen molar-refractivity contribution in [3.05, 3.63) is 0 Å². The van der Waals surface area contributed by atoms with Gasteiger partial charge in [-0.25, -0.2) is 0 Å². The predicted molar refractivity (Wildman–Crippen MR) is 46.9 cm³/mol. The van der Waals surface area contributed by atoms with Crippen LogP contribution in [0.5, 0.6) is 0 Å². The molecule has 0 bridgehead atoms. The van der Waals surface area contributed by atoms with Crippen LogP contribution in [0, 0.1) is 0 Å². The van der Waals surface area contributed by atoms with Crippen LogP contribution in [0.15, 0.2) is 0 Å². The minimum Gasteiger partial charge on any atom is -0.377 e. The normalized spacial score (nSPS) is 17.9. The smallest absolute Gasteiger partial charge is 0.222 e. The fraction of sp³-hybridized carbons (Fsp3) is 0.889. The molecular formula is C9H17NO2. The van der Waals surface area contributed by atoms with Gasteiger partial charge in [-0.05, 0) is 20.3 Å². The first-order valence-corrected chi connectivity index (χ1v) is 4.59. The first-order valence-electron chi connectivity index (χ1n) is 4.59. The Morgan fingerprint density at radius 1 is 1.58 bits per heavy atom. The highest BCUT2D eigenvalue weighted by atomic mass is 16.5. The average molecular weight is 171 g/mol. The molecule has 0 aromatic carbocycles. The van der Waals surface area contributed by atoms with E-state index in [-0.39, 0.29) is 12.0 Å². The fourth-order valence-corrected chi connectivity index (χ4v) is 1.34. The third-order valence-electron chi connectivity index (χ3n) is 1.98. The molecule has 3 heteroatoms. The Hall–Kier alpha value is -0.570. The second-order valence-electron chi connectivity index (χ2n) is 3.40. The summed E-state index contributed by atoms with van der Waals surface area (Å²) in [5, 5.41) is 0. The van der Waals surface area contributed by atoms with Gasteiger partial charge in [-0.1, -0.05) is 0 Å². The van der Waals surface area contributed by atoms with Crippen molar-refractivity contribution in [2.45, 2.75) is 32.8 Å². The van der Waals surface area contributed by atoms with E-state index in [2.05, 4.69) is 0 Å². The zero-order valence-corrected chi connectivity index (χ0v) is 7.88. The molecule has 0 radical (unpaired) electrons. The molecule has 0 unspecified atom stereocenters. The molecule has 1 heterocycles. The van der Waals surface area contributed by atoms with Gasteiger partial charge in [0.05, 0.1) is 12.7 Å². The van der Waals surface area contributed by atoms with Crippen LogP contribution >= 0.6 is 0 Å². The quantitative estimate of drug-likeness (QED) is 0.632. The molecule has 0 spiro atoms. The van der Waals surface area contributed by atoms with Gasteiger partial charge in [0.15, 0.2) is 0 Å². The van der Waals surface area contributed by atoms with Crippen molar-refractivity contribution in [3.63, 3.8) is 0 Å². The predicted octanol–water partition coefficient (Wildman–Crippen LogP) is 1.03. The SMILES string of the molecule is CC(C)OCCN1CCCC1=O. The number of carbonyl (C=O) groups excluding carboxylic acids is 1. The van der Waals surface area contributed by atoms with Gasteiger partial charge in [-0.15, -0.1) is 0 Å². The third-order valence-corrected chi connectivity index (χ3v) is 1.98. The molecule has 3 nitrogen and oxygen atoms in total. The van der Waals surface area contributed by atoms with E-state index >= 15 is 0 Å². The number of amides is 1. The number of hydrogen-bond acceptors (Lipinski definition) is 2. The lowest BCUT2D eigenvalue weighted by atomic mass is 10.4. The van der Waals surface area contributed by atoms with Crippen molar-refractivity contribution in [3.8, 4) is 0 Å². The largest absolute Gasteiger partial charge is 0.377 e. The van der Waals surface area contributed by atoms with E-state index in [1.165, 1.54) is 0 Å². The molecule has 0 saturated carbocycles. The molecular weight excluding hydrogens is 154 g/mol. The molecule has 1 saturated heterocycles. The highest BCUT2D eigenvalue weighted by Gasteiger charge is 2.19. The lowest BCUT2D eigenvalue weighted by Crippen LogP contribution is -2.29. The topological polar surface area (TPSA) is 29.5 Å². The van der Waals surface area contributed by atoms with E-state index in [1.807, 2.05) is 18.7 Å². The zero-order chi connectivity index (χ0) is 8.97. The molecule has 1 aliphatic heterocycles. The van der Waals surface area contributed by atoms with E-state index in [1.54, 1.807) is 0 Å². The first-order chi connectivity index (χ1) is 5.70. The lowest BCUT2D eigenvalue weighted by molar-refractivity contribution is -0.128. The maximum atomic E-state index is 11.1. The van der Waals surface area contributed by atoms with Crippen LogP contribution < -0.4 is 0 Å². The van der Waals surface area contributed by atoms with Crippen LogP contribution in [0.1, 0.15) is 26.7 Å². The summed E-state index contributed by atoms with van der Waals surface area (Å²) < 4.78 is 5.36. The second kappa shape index (κ2) is 4.45. The first kappa shape index (κ1) is 9.52. The fourth-order valence-electron chi connectivity index (χ4n) is 1.34. The Morgan fingerprint density at radius 2 is 2.33 bits per heavy atom. The van der Waals surface area contributed by atoms with Gasteiger partial charge in [-0.2, -0.15) is 0 Å². The van der Waals surface area contributed by atoms with Gasteiger partial charge in [-0.3, -0.25) is 4.79 Å². The van der Waals surface area contributed by atoms with Gasteiger partial charge >= 0.3 is 0 Å². The highest BCUT2D eigenvalue weighted by Crippen LogP contribution is 2.08. The monoisotopic (exact) mass is 171 g/mol. The molecule has 0 aromatic rings. The minimum atomic E-state index is 0.266. The van der Waals surface area contributed by atoms with E-state index in [9.17, 15) is 4.79 Å². The summed E-state index contributed by atoms with van der Waals surface area (Å²) in [5.41, 5.74) is 0. The van der Waals surface area contributed by atoms with Crippen molar-refractivity contribution in [1.29, 1.82) is 0 Å². The van der Waals surface area contributed by atoms with Gasteiger partial charge in [0.2, 0.25) is 5.91 Å². The summed E-state index contributed by atoms with van der Waals surface area (Å²) >= 11 is 0. The number of nitrogens with zero attached hydrogens (tertiary/aromatic N) is 1. The summed E-state index contributed by atoms with van der Waals surface area (Å²) in [5.74, 6) is 0.280. The third kappa shape index (κ3) is 2.81. The van der Waals surface area contributed by atoms with E-state index in [0.29, 0.717) is 6.61 Å². The summed E-state index contributed by atoms with van der Waals surface area (Å²) in [6.07, 6.45) is 2.00. The maximum absolute atomic E-state index is 11.1. The van der Waals surface area contributed by atoms with Crippen molar-refractivity contribution in [1.82, 2.24) is 4.90 Å². The molecule has 0 atom stereocenters. The standard InChI is InChI=1S/C9H17NO2/c1-8(2)12-7-6-10-5-3-4-9(10)11/h8H,3-7H2,1-2H3. The van der Waals surface area contributed by atoms with Gasteiger partial charge in [0.1, 0.15) is 0 Å². The van der Waals surface area contributed by atoms with Crippen molar-refractivity contribution < 1.29 is 9.53 Å². The van der Waals surface area contributed by atoms with Crippen LogP contribution in [0.2, 0.25) is 0 Å². The number of likely N-dealkylation sites (tertiary alicyclic amines) is 1. The van der Waals surface area contributed by atoms with Crippen LogP contribution in [-0.4, -0.2) is 36.6 Å². The van der Waals surface area contributed by atoms with Crippen LogP contribution in [0.4, 0.5) is 0 Å². The summed E-state index contributed by atoms with van der Waals surface area (Å²) in [4.78, 5) is 13.0. The molecule has 1 amide bonds. The Labute approximate surface area is 73.7 Å². The van der Waals surface area contributed by atoms with Crippen molar-refractivity contribution >= 4 is 5.91 Å². The lowest BCUT2D eigenvalue weighted by Gasteiger charge is -2.16. The van der Waals surface area contributed by atoms with Crippen molar-refractivity contribution in [2.75, 3.05) is 19.7 Å². The molecule has 12 heavy (non-hydrogen) atoms. The van der Waals surface area contributed by atoms with Gasteiger partial charge in [0.25, 0.3) is 0 Å². The molecule has 0 N–H and O–H groups in total. The van der Waals surface area contributed by atoms with Crippen molar-refractivity contribution in [2.24, 2.45) is 0 Å². The van der Waals surface area contributed by atoms with E-state index in [4.69, 9.17) is 4.74 Å². The van der Waals surface area contributed by atoms with Gasteiger partial charge < -0.3 is 9.64 Å². The summed E-state index contributed by atoms with van der Waals surface area (Å²) in [6, 6.07) is 0. The molecule has 70 valence electrons. The summed E-state index contributed by atoms with van der Waals surface area (Å²) in [7, 11) is 0. The Kier molecular flexibility index (Phi) is 3.53. The minimum absolute atomic E-state index is 0.266. The molecule has 1 aliphatic rings. The molecule has 0 aromatic heterocycles. The number of carbonyl (C=O) groups is 1. The Bertz CT molecular complexity index is 157. The second-order valence-corrected chi connectivity index (χ2v) is 3.40.